The van der Waals surface area contributed by atoms with Crippen molar-refractivity contribution in [1.82, 2.24) is 9.88 Å². The van der Waals surface area contributed by atoms with Gasteiger partial charge in [-0.05, 0) is 30.7 Å². The van der Waals surface area contributed by atoms with Gasteiger partial charge in [-0.1, -0.05) is 0 Å². The summed E-state index contributed by atoms with van der Waals surface area (Å²) < 4.78 is 63.3. The molecule has 0 saturated carbocycles. The van der Waals surface area contributed by atoms with E-state index in [0.29, 0.717) is 6.42 Å². The van der Waals surface area contributed by atoms with Gasteiger partial charge in [-0.3, -0.25) is 4.79 Å². The second-order valence-electron chi connectivity index (χ2n) is 6.25. The number of hydrogen-bond donors (Lipinski definition) is 1. The minimum Gasteiger partial charge on any atom is -0.338 e. The largest absolute Gasteiger partial charge is 0.338 e. The smallest absolute Gasteiger partial charge is 0.254 e. The molecular formula is C17H16F3N3O3S. The van der Waals surface area contributed by atoms with E-state index in [9.17, 15) is 26.4 Å². The lowest BCUT2D eigenvalue weighted by atomic mass is 10.1. The van der Waals surface area contributed by atoms with E-state index in [-0.39, 0.29) is 28.6 Å². The maximum absolute atomic E-state index is 13.8. The van der Waals surface area contributed by atoms with Crippen molar-refractivity contribution in [2.45, 2.75) is 12.5 Å². The zero-order valence-corrected chi connectivity index (χ0v) is 15.1. The molecule has 1 aliphatic heterocycles. The summed E-state index contributed by atoms with van der Waals surface area (Å²) in [6.07, 6.45) is 1.66. The molecule has 2 aromatic rings. The molecule has 6 nitrogen and oxygen atoms in total. The second-order valence-corrected chi connectivity index (χ2v) is 8.48. The second kappa shape index (κ2) is 7.18. The van der Waals surface area contributed by atoms with E-state index >= 15 is 0 Å². The average molecular weight is 399 g/mol. The van der Waals surface area contributed by atoms with Crippen LogP contribution in [0, 0.1) is 17.5 Å². The van der Waals surface area contributed by atoms with Gasteiger partial charge in [-0.2, -0.15) is 0 Å². The number of nitrogens with one attached hydrogen (secondary N) is 1. The summed E-state index contributed by atoms with van der Waals surface area (Å²) in [5.41, 5.74) is -0.136. The van der Waals surface area contributed by atoms with Gasteiger partial charge in [-0.25, -0.2) is 26.6 Å². The van der Waals surface area contributed by atoms with E-state index in [1.54, 1.807) is 0 Å². The lowest BCUT2D eigenvalue weighted by Gasteiger charge is -2.23. The van der Waals surface area contributed by atoms with Crippen LogP contribution in [-0.2, 0) is 9.84 Å². The first-order valence-electron chi connectivity index (χ1n) is 8.02. The Balaban J connectivity index is 1.79. The molecule has 1 unspecified atom stereocenters. The Kier molecular flexibility index (Phi) is 5.09. The number of halogens is 3. The number of rotatable bonds is 4. The summed E-state index contributed by atoms with van der Waals surface area (Å²) in [6, 6.07) is 4.11. The van der Waals surface area contributed by atoms with Crippen molar-refractivity contribution >= 4 is 27.2 Å². The van der Waals surface area contributed by atoms with Crippen LogP contribution in [0.15, 0.2) is 30.5 Å². The van der Waals surface area contributed by atoms with Gasteiger partial charge in [0.15, 0.2) is 27.3 Å². The van der Waals surface area contributed by atoms with Crippen molar-refractivity contribution in [2.75, 3.05) is 23.9 Å². The molecule has 144 valence electrons. The number of benzene rings is 1. The first-order chi connectivity index (χ1) is 12.7. The first kappa shape index (κ1) is 19.2. The van der Waals surface area contributed by atoms with Crippen LogP contribution in [0.2, 0.25) is 0 Å². The SMILES string of the molecule is CN(C(=O)c1ccnc(Nc2ccc(F)c(F)c2F)c1)C1CCS(=O)(=O)C1. The topological polar surface area (TPSA) is 79.4 Å². The lowest BCUT2D eigenvalue weighted by Crippen LogP contribution is -2.37. The van der Waals surface area contributed by atoms with Crippen molar-refractivity contribution < 1.29 is 26.4 Å². The third-order valence-corrected chi connectivity index (χ3v) is 6.13. The van der Waals surface area contributed by atoms with Gasteiger partial charge >= 0.3 is 0 Å². The minimum atomic E-state index is -3.14. The number of nitrogens with zero attached hydrogens (tertiary/aromatic N) is 2. The van der Waals surface area contributed by atoms with Crippen molar-refractivity contribution in [2.24, 2.45) is 0 Å². The van der Waals surface area contributed by atoms with Gasteiger partial charge in [0.2, 0.25) is 0 Å². The number of anilines is 2. The fourth-order valence-corrected chi connectivity index (χ4v) is 4.62. The van der Waals surface area contributed by atoms with Gasteiger partial charge in [0.25, 0.3) is 5.91 Å². The minimum absolute atomic E-state index is 0.0356. The zero-order chi connectivity index (χ0) is 19.8. The van der Waals surface area contributed by atoms with Gasteiger partial charge in [0.05, 0.1) is 17.2 Å². The van der Waals surface area contributed by atoms with Gasteiger partial charge in [0, 0.05) is 24.8 Å². The van der Waals surface area contributed by atoms with Gasteiger partial charge in [0.1, 0.15) is 5.82 Å². The predicted octanol–water partition coefficient (Wildman–Crippen LogP) is 2.50. The molecule has 1 atom stereocenters. The Hall–Kier alpha value is -2.62. The van der Waals surface area contributed by atoms with Crippen LogP contribution >= 0.6 is 0 Å². The summed E-state index contributed by atoms with van der Waals surface area (Å²) in [7, 11) is -1.63. The van der Waals surface area contributed by atoms with Crippen LogP contribution in [0.4, 0.5) is 24.7 Å². The fraction of sp³-hybridized carbons (Fsp3) is 0.294. The maximum Gasteiger partial charge on any atom is 0.254 e. The summed E-state index contributed by atoms with van der Waals surface area (Å²) in [5, 5.41) is 2.50. The van der Waals surface area contributed by atoms with Crippen molar-refractivity contribution in [1.29, 1.82) is 0 Å². The number of hydrogen-bond acceptors (Lipinski definition) is 5. The molecule has 1 saturated heterocycles. The number of carbonyl (C=O) groups excluding carboxylic acids is 1. The van der Waals surface area contributed by atoms with Gasteiger partial charge in [-0.15, -0.1) is 0 Å². The maximum atomic E-state index is 13.8. The number of amides is 1. The zero-order valence-electron chi connectivity index (χ0n) is 14.2. The van der Waals surface area contributed by atoms with Crippen molar-refractivity contribution in [3.8, 4) is 0 Å². The van der Waals surface area contributed by atoms with Crippen molar-refractivity contribution in [3.05, 3.63) is 53.5 Å². The summed E-state index contributed by atoms with van der Waals surface area (Å²) >= 11 is 0. The fourth-order valence-electron chi connectivity index (χ4n) is 2.84. The molecule has 0 spiro atoms. The average Bonchev–Trinajstić information content (AvgIpc) is 3.01. The molecule has 27 heavy (non-hydrogen) atoms. The third kappa shape index (κ3) is 4.05. The molecule has 1 aromatic carbocycles. The molecule has 2 heterocycles. The number of aromatic nitrogens is 1. The molecule has 0 bridgehead atoms. The standard InChI is InChI=1S/C17H16F3N3O3S/c1-23(11-5-7-27(25,26)9-11)17(24)10-4-6-21-14(8-10)22-13-3-2-12(18)15(19)16(13)20/h2-4,6,8,11H,5,7,9H2,1H3,(H,21,22). The summed E-state index contributed by atoms with van der Waals surface area (Å²) in [4.78, 5) is 17.9. The highest BCUT2D eigenvalue weighted by Crippen LogP contribution is 2.24. The highest BCUT2D eigenvalue weighted by Gasteiger charge is 2.33. The molecule has 1 N–H and O–H groups in total. The van der Waals surface area contributed by atoms with Crippen LogP contribution in [-0.4, -0.2) is 48.8 Å². The first-order valence-corrected chi connectivity index (χ1v) is 9.84. The molecule has 1 aromatic heterocycles. The van der Waals surface area contributed by atoms with Gasteiger partial charge < -0.3 is 10.2 Å². The molecule has 1 aliphatic rings. The van der Waals surface area contributed by atoms with Crippen LogP contribution in [0.1, 0.15) is 16.8 Å². The van der Waals surface area contributed by atoms with E-state index in [0.717, 1.165) is 12.1 Å². The van der Waals surface area contributed by atoms with E-state index in [4.69, 9.17) is 0 Å². The molecule has 0 aliphatic carbocycles. The van der Waals surface area contributed by atoms with Crippen LogP contribution < -0.4 is 5.32 Å². The van der Waals surface area contributed by atoms with E-state index in [1.807, 2.05) is 0 Å². The highest BCUT2D eigenvalue weighted by molar-refractivity contribution is 7.91. The molecular weight excluding hydrogens is 383 g/mol. The molecule has 3 rings (SSSR count). The Morgan fingerprint density at radius 2 is 1.96 bits per heavy atom. The molecule has 10 heteroatoms. The van der Waals surface area contributed by atoms with Crippen LogP contribution in [0.25, 0.3) is 0 Å². The Morgan fingerprint density at radius 3 is 2.63 bits per heavy atom. The highest BCUT2D eigenvalue weighted by atomic mass is 32.2. The van der Waals surface area contributed by atoms with Crippen LogP contribution in [0.3, 0.4) is 0 Å². The van der Waals surface area contributed by atoms with Crippen LogP contribution in [0.5, 0.6) is 0 Å². The lowest BCUT2D eigenvalue weighted by molar-refractivity contribution is 0.0747. The Bertz CT molecular complexity index is 998. The predicted molar refractivity (Wildman–Crippen MR) is 93.0 cm³/mol. The molecule has 0 radical (unpaired) electrons. The quantitative estimate of drug-likeness (QED) is 0.800. The third-order valence-electron chi connectivity index (χ3n) is 4.38. The van der Waals surface area contributed by atoms with Crippen molar-refractivity contribution in [3.63, 3.8) is 0 Å². The van der Waals surface area contributed by atoms with E-state index in [1.165, 1.54) is 30.3 Å². The monoisotopic (exact) mass is 399 g/mol. The number of sulfone groups is 1. The molecule has 1 fully saturated rings. The Labute approximate surface area is 153 Å². The normalized spacial score (nSPS) is 18.3. The van der Waals surface area contributed by atoms with E-state index in [2.05, 4.69) is 10.3 Å². The summed E-state index contributed by atoms with van der Waals surface area (Å²) in [6.45, 7) is 0. The Morgan fingerprint density at radius 1 is 1.22 bits per heavy atom. The summed E-state index contributed by atoms with van der Waals surface area (Å²) in [5.74, 6) is -4.76. The van der Waals surface area contributed by atoms with E-state index < -0.39 is 39.2 Å². The number of pyridine rings is 1. The number of carbonyl (C=O) groups is 1. The molecule has 1 amide bonds.